The zero-order valence-electron chi connectivity index (χ0n) is 5.51. The Morgan fingerprint density at radius 2 is 1.73 bits per heavy atom. The molecule has 0 saturated carbocycles. The van der Waals surface area contributed by atoms with Gasteiger partial charge in [-0.15, -0.1) is 4.72 Å². The van der Waals surface area contributed by atoms with Crippen LogP contribution in [-0.4, -0.2) is 13.0 Å². The van der Waals surface area contributed by atoms with Crippen LogP contribution in [0.15, 0.2) is 30.3 Å². The van der Waals surface area contributed by atoms with Crippen molar-refractivity contribution in [3.63, 3.8) is 0 Å². The zero-order chi connectivity index (χ0) is 8.32. The summed E-state index contributed by atoms with van der Waals surface area (Å²) in [4.78, 5) is 0. The zero-order valence-corrected chi connectivity index (χ0v) is 6.32. The number of nitrogens with zero attached hydrogens (tertiary/aromatic N) is 1. The minimum Gasteiger partial charge on any atom is -0.268 e. The van der Waals surface area contributed by atoms with Gasteiger partial charge in [0.25, 0.3) is 0 Å². The van der Waals surface area contributed by atoms with Crippen LogP contribution in [0.4, 0.5) is 5.69 Å². The summed E-state index contributed by atoms with van der Waals surface area (Å²) in [6.07, 6.45) is 0. The van der Waals surface area contributed by atoms with Crippen molar-refractivity contribution in [2.75, 3.05) is 0 Å². The molecule has 5 heteroatoms. The first-order chi connectivity index (χ1) is 5.08. The molecule has 1 rings (SSSR count). The van der Waals surface area contributed by atoms with Gasteiger partial charge in [0.1, 0.15) is 0 Å². The van der Waals surface area contributed by atoms with Gasteiger partial charge in [-0.05, 0) is 12.1 Å². The first kappa shape index (κ1) is 8.03. The summed E-state index contributed by atoms with van der Waals surface area (Å²) in [7, 11) is -4.25. The average molecular weight is 172 g/mol. The molecule has 1 aromatic rings. The van der Waals surface area contributed by atoms with Crippen molar-refractivity contribution in [1.82, 2.24) is 4.72 Å². The van der Waals surface area contributed by atoms with E-state index >= 15 is 0 Å². The van der Waals surface area contributed by atoms with Crippen LogP contribution in [0.25, 0.3) is 0 Å². The molecule has 0 heterocycles. The average Bonchev–Trinajstić information content (AvgIpc) is 1.85. The van der Waals surface area contributed by atoms with E-state index in [1.165, 1.54) is 12.1 Å². The van der Waals surface area contributed by atoms with E-state index in [1.54, 1.807) is 18.2 Å². The molecule has 0 aliphatic carbocycles. The lowest BCUT2D eigenvalue weighted by molar-refractivity contribution is 0.476. The molecule has 0 fully saturated rings. The molecular formula is C6H6NO3S. The van der Waals surface area contributed by atoms with Crippen LogP contribution in [0.1, 0.15) is 0 Å². The number of rotatable bonds is 2. The summed E-state index contributed by atoms with van der Waals surface area (Å²) in [5.41, 5.74) is 0.218. The molecule has 0 aliphatic heterocycles. The minimum absolute atomic E-state index is 0.218. The standard InChI is InChI=1S/C6H6NO3S/c8-11(9,10)7-6-4-2-1-3-5-6/h1-5H,(H,8,9,10). The van der Waals surface area contributed by atoms with Gasteiger partial charge in [-0.2, -0.15) is 8.42 Å². The maximum Gasteiger partial charge on any atom is 0.378 e. The quantitative estimate of drug-likeness (QED) is 0.668. The summed E-state index contributed by atoms with van der Waals surface area (Å²) in [6.45, 7) is 0. The maximum atomic E-state index is 10.2. The maximum absolute atomic E-state index is 10.2. The van der Waals surface area contributed by atoms with E-state index in [0.717, 1.165) is 0 Å². The molecule has 0 saturated heterocycles. The summed E-state index contributed by atoms with van der Waals surface area (Å²) in [5, 5.41) is 0. The first-order valence-corrected chi connectivity index (χ1v) is 4.23. The van der Waals surface area contributed by atoms with Gasteiger partial charge in [0, 0.05) is 0 Å². The van der Waals surface area contributed by atoms with Crippen LogP contribution in [-0.2, 0) is 10.3 Å². The third-order valence-corrected chi connectivity index (χ3v) is 1.42. The molecule has 0 spiro atoms. The second-order valence-corrected chi connectivity index (χ2v) is 2.95. The molecule has 1 aromatic carbocycles. The summed E-state index contributed by atoms with van der Waals surface area (Å²) in [5.74, 6) is 0. The Bertz CT molecular complexity index is 319. The molecule has 0 atom stereocenters. The Kier molecular flexibility index (Phi) is 2.11. The molecule has 11 heavy (non-hydrogen) atoms. The smallest absolute Gasteiger partial charge is 0.268 e. The van der Waals surface area contributed by atoms with E-state index in [-0.39, 0.29) is 5.69 Å². The Hall–Kier alpha value is -1.07. The fourth-order valence-electron chi connectivity index (χ4n) is 0.622. The number of benzene rings is 1. The van der Waals surface area contributed by atoms with Crippen molar-refractivity contribution in [2.45, 2.75) is 0 Å². The lowest BCUT2D eigenvalue weighted by Gasteiger charge is -1.95. The van der Waals surface area contributed by atoms with Crippen molar-refractivity contribution in [2.24, 2.45) is 0 Å². The van der Waals surface area contributed by atoms with Gasteiger partial charge in [0.05, 0.1) is 5.69 Å². The van der Waals surface area contributed by atoms with Gasteiger partial charge >= 0.3 is 10.3 Å². The molecule has 0 amide bonds. The molecule has 0 bridgehead atoms. The van der Waals surface area contributed by atoms with E-state index in [4.69, 9.17) is 4.55 Å². The van der Waals surface area contributed by atoms with Gasteiger partial charge in [-0.1, -0.05) is 18.2 Å². The summed E-state index contributed by atoms with van der Waals surface area (Å²) in [6, 6.07) is 7.94. The fourth-order valence-corrected chi connectivity index (χ4v) is 1.01. The fraction of sp³-hybridized carbons (Fsp3) is 0. The van der Waals surface area contributed by atoms with Crippen LogP contribution >= 0.6 is 0 Å². The van der Waals surface area contributed by atoms with E-state index < -0.39 is 10.3 Å². The van der Waals surface area contributed by atoms with Crippen LogP contribution in [0.5, 0.6) is 0 Å². The van der Waals surface area contributed by atoms with Gasteiger partial charge < -0.3 is 0 Å². The highest BCUT2D eigenvalue weighted by atomic mass is 32.2. The van der Waals surface area contributed by atoms with Gasteiger partial charge in [-0.25, -0.2) is 0 Å². The largest absolute Gasteiger partial charge is 0.378 e. The van der Waals surface area contributed by atoms with Crippen molar-refractivity contribution >= 4 is 16.0 Å². The molecule has 0 aliphatic rings. The predicted molar refractivity (Wildman–Crippen MR) is 39.8 cm³/mol. The minimum atomic E-state index is -4.25. The topological polar surface area (TPSA) is 68.5 Å². The Morgan fingerprint density at radius 1 is 1.18 bits per heavy atom. The molecular weight excluding hydrogens is 166 g/mol. The van der Waals surface area contributed by atoms with Gasteiger partial charge in [0.15, 0.2) is 0 Å². The molecule has 4 nitrogen and oxygen atoms in total. The van der Waals surface area contributed by atoms with E-state index in [2.05, 4.69) is 4.72 Å². The summed E-state index contributed by atoms with van der Waals surface area (Å²) >= 11 is 0. The van der Waals surface area contributed by atoms with E-state index in [1.807, 2.05) is 0 Å². The summed E-state index contributed by atoms with van der Waals surface area (Å²) < 4.78 is 31.7. The van der Waals surface area contributed by atoms with Crippen LogP contribution in [0.2, 0.25) is 0 Å². The van der Waals surface area contributed by atoms with Crippen LogP contribution in [0.3, 0.4) is 0 Å². The Labute approximate surface area is 64.7 Å². The van der Waals surface area contributed by atoms with E-state index in [0.29, 0.717) is 0 Å². The Balaban J connectivity index is 2.82. The molecule has 0 unspecified atom stereocenters. The van der Waals surface area contributed by atoms with Gasteiger partial charge in [-0.3, -0.25) is 4.55 Å². The highest BCUT2D eigenvalue weighted by Gasteiger charge is 2.04. The predicted octanol–water partition coefficient (Wildman–Crippen LogP) is 0.725. The van der Waals surface area contributed by atoms with Crippen molar-refractivity contribution < 1.29 is 13.0 Å². The lowest BCUT2D eigenvalue weighted by atomic mass is 10.3. The highest BCUT2D eigenvalue weighted by molar-refractivity contribution is 7.83. The van der Waals surface area contributed by atoms with E-state index in [9.17, 15) is 8.42 Å². The van der Waals surface area contributed by atoms with Crippen molar-refractivity contribution in [3.8, 4) is 0 Å². The number of hydrogen-bond donors (Lipinski definition) is 1. The normalized spacial score (nSPS) is 11.0. The monoisotopic (exact) mass is 172 g/mol. The third-order valence-electron chi connectivity index (χ3n) is 0.977. The second kappa shape index (κ2) is 2.89. The lowest BCUT2D eigenvalue weighted by Crippen LogP contribution is -2.08. The molecule has 0 aromatic heterocycles. The first-order valence-electron chi connectivity index (χ1n) is 2.83. The van der Waals surface area contributed by atoms with Gasteiger partial charge in [0.2, 0.25) is 0 Å². The van der Waals surface area contributed by atoms with Crippen molar-refractivity contribution in [1.29, 1.82) is 0 Å². The van der Waals surface area contributed by atoms with Crippen LogP contribution in [0, 0.1) is 0 Å². The second-order valence-electron chi connectivity index (χ2n) is 1.87. The molecule has 1 radical (unpaired) electrons. The Morgan fingerprint density at radius 3 is 2.18 bits per heavy atom. The number of hydrogen-bond acceptors (Lipinski definition) is 2. The molecule has 59 valence electrons. The third kappa shape index (κ3) is 3.01. The van der Waals surface area contributed by atoms with Crippen molar-refractivity contribution in [3.05, 3.63) is 30.3 Å². The van der Waals surface area contributed by atoms with Crippen LogP contribution < -0.4 is 4.72 Å². The SMILES string of the molecule is O=S(=O)(O)[N]c1ccccc1. The molecule has 1 N–H and O–H groups in total. The highest BCUT2D eigenvalue weighted by Crippen LogP contribution is 2.06.